The second-order valence-corrected chi connectivity index (χ2v) is 7.54. The van der Waals surface area contributed by atoms with Crippen LogP contribution in [0.3, 0.4) is 0 Å². The Hall–Kier alpha value is -3.27. The molecule has 0 saturated carbocycles. The zero-order valence-corrected chi connectivity index (χ0v) is 17.6. The van der Waals surface area contributed by atoms with Gasteiger partial charge in [0.05, 0.1) is 13.2 Å². The molecule has 4 rings (SSSR count). The topological polar surface area (TPSA) is 34.6 Å². The number of hydrogen-bond acceptors (Lipinski definition) is 4. The Morgan fingerprint density at radius 2 is 1.53 bits per heavy atom. The zero-order valence-electron chi connectivity index (χ0n) is 17.6. The highest BCUT2D eigenvalue weighted by atomic mass is 19.3. The molecule has 4 nitrogen and oxygen atoms in total. The van der Waals surface area contributed by atoms with Crippen LogP contribution in [-0.2, 0) is 17.9 Å². The Balaban J connectivity index is 1.27. The van der Waals surface area contributed by atoms with E-state index in [0.29, 0.717) is 12.2 Å². The van der Waals surface area contributed by atoms with E-state index in [1.54, 1.807) is 6.07 Å². The maximum absolute atomic E-state index is 12.5. The molecule has 1 aliphatic rings. The smallest absolute Gasteiger partial charge is 0.280 e. The summed E-state index contributed by atoms with van der Waals surface area (Å²) in [6.45, 7) is 5.01. The van der Waals surface area contributed by atoms with Crippen molar-refractivity contribution in [2.75, 3.05) is 26.3 Å². The third-order valence-corrected chi connectivity index (χ3v) is 5.15. The summed E-state index contributed by atoms with van der Waals surface area (Å²) in [4.78, 5) is 6.11. The molecule has 0 aliphatic carbocycles. The van der Waals surface area contributed by atoms with Gasteiger partial charge in [0, 0.05) is 37.0 Å². The molecule has 0 unspecified atom stereocenters. The van der Waals surface area contributed by atoms with E-state index in [0.717, 1.165) is 49.7 Å². The lowest BCUT2D eigenvalue weighted by molar-refractivity contribution is 0.0342. The van der Waals surface area contributed by atoms with Gasteiger partial charge in [0.15, 0.2) is 0 Å². The number of benzene rings is 2. The number of pyridine rings is 1. The Morgan fingerprint density at radius 1 is 0.875 bits per heavy atom. The van der Waals surface area contributed by atoms with Crippen LogP contribution < -0.4 is 4.74 Å². The van der Waals surface area contributed by atoms with Crippen molar-refractivity contribution in [3.8, 4) is 17.6 Å². The molecule has 0 bridgehead atoms. The fraction of sp³-hybridized carbons (Fsp3) is 0.269. The molecular weight excluding hydrogens is 410 g/mol. The van der Waals surface area contributed by atoms with Gasteiger partial charge in [-0.3, -0.25) is 9.88 Å². The van der Waals surface area contributed by atoms with Gasteiger partial charge in [-0.2, -0.15) is 0 Å². The normalized spacial score (nSPS) is 14.1. The van der Waals surface area contributed by atoms with E-state index < -0.39 is 6.43 Å². The predicted molar refractivity (Wildman–Crippen MR) is 118 cm³/mol. The minimum atomic E-state index is -2.57. The molecule has 6 heteroatoms. The second kappa shape index (κ2) is 10.9. The molecule has 1 aliphatic heterocycles. The Bertz CT molecular complexity index is 1050. The van der Waals surface area contributed by atoms with Gasteiger partial charge in [0.25, 0.3) is 6.43 Å². The van der Waals surface area contributed by atoms with Crippen LogP contribution in [0.15, 0.2) is 66.9 Å². The van der Waals surface area contributed by atoms with E-state index in [9.17, 15) is 8.78 Å². The van der Waals surface area contributed by atoms with Crippen LogP contribution in [-0.4, -0.2) is 36.2 Å². The predicted octanol–water partition coefficient (Wildman–Crippen LogP) is 4.83. The van der Waals surface area contributed by atoms with E-state index >= 15 is 0 Å². The van der Waals surface area contributed by atoms with E-state index in [2.05, 4.69) is 46.0 Å². The van der Waals surface area contributed by atoms with Crippen molar-refractivity contribution < 1.29 is 18.3 Å². The fourth-order valence-corrected chi connectivity index (χ4v) is 3.31. The third kappa shape index (κ3) is 6.36. The summed E-state index contributed by atoms with van der Waals surface area (Å²) in [5, 5.41) is 0. The number of alkyl halides is 2. The summed E-state index contributed by atoms with van der Waals surface area (Å²) in [6, 6.07) is 18.8. The fourth-order valence-electron chi connectivity index (χ4n) is 3.31. The summed E-state index contributed by atoms with van der Waals surface area (Å²) in [5.41, 5.74) is 3.55. The largest absolute Gasteiger partial charge is 0.489 e. The Labute approximate surface area is 186 Å². The molecule has 2 heterocycles. The standard InChI is InChI=1S/C26H24F2N2O2/c27-26(28)25-12-9-21(17-29-25)2-1-20-7-10-24(11-8-20)32-19-23-5-3-22(4-6-23)18-30-13-15-31-16-14-30/h3-12,17,26H,13-16,18-19H2. The first-order chi connectivity index (χ1) is 15.7. The minimum Gasteiger partial charge on any atom is -0.489 e. The SMILES string of the molecule is FC(F)c1ccc(C#Cc2ccc(OCc3ccc(CN4CCOCC4)cc3)cc2)cn1. The van der Waals surface area contributed by atoms with Crippen molar-refractivity contribution in [2.24, 2.45) is 0 Å². The number of ether oxygens (including phenoxy) is 2. The Morgan fingerprint density at radius 3 is 2.19 bits per heavy atom. The first kappa shape index (κ1) is 21.9. The van der Waals surface area contributed by atoms with Crippen LogP contribution in [0.2, 0.25) is 0 Å². The number of aromatic nitrogens is 1. The highest BCUT2D eigenvalue weighted by molar-refractivity contribution is 5.43. The highest BCUT2D eigenvalue weighted by Gasteiger charge is 2.10. The van der Waals surface area contributed by atoms with Crippen LogP contribution >= 0.6 is 0 Å². The number of rotatable bonds is 6. The second-order valence-electron chi connectivity index (χ2n) is 7.54. The van der Waals surface area contributed by atoms with Crippen molar-refractivity contribution in [1.82, 2.24) is 9.88 Å². The van der Waals surface area contributed by atoms with Gasteiger partial charge in [-0.05, 0) is 47.5 Å². The van der Waals surface area contributed by atoms with Crippen molar-refractivity contribution in [1.29, 1.82) is 0 Å². The number of nitrogens with zero attached hydrogens (tertiary/aromatic N) is 2. The van der Waals surface area contributed by atoms with Crippen LogP contribution in [0, 0.1) is 11.8 Å². The van der Waals surface area contributed by atoms with Crippen LogP contribution in [0.25, 0.3) is 0 Å². The lowest BCUT2D eigenvalue weighted by atomic mass is 10.1. The average Bonchev–Trinajstić information content (AvgIpc) is 2.84. The van der Waals surface area contributed by atoms with Gasteiger partial charge in [0.2, 0.25) is 0 Å². The monoisotopic (exact) mass is 434 g/mol. The number of halogens is 2. The summed E-state index contributed by atoms with van der Waals surface area (Å²) >= 11 is 0. The van der Waals surface area contributed by atoms with Gasteiger partial charge < -0.3 is 9.47 Å². The van der Waals surface area contributed by atoms with Crippen molar-refractivity contribution >= 4 is 0 Å². The molecule has 1 saturated heterocycles. The zero-order chi connectivity index (χ0) is 22.2. The quantitative estimate of drug-likeness (QED) is 0.521. The van der Waals surface area contributed by atoms with E-state index in [1.807, 2.05) is 24.3 Å². The summed E-state index contributed by atoms with van der Waals surface area (Å²) in [5.74, 6) is 6.70. The molecule has 0 atom stereocenters. The van der Waals surface area contributed by atoms with E-state index in [1.165, 1.54) is 17.8 Å². The molecule has 0 spiro atoms. The maximum atomic E-state index is 12.5. The van der Waals surface area contributed by atoms with Crippen LogP contribution in [0.4, 0.5) is 8.78 Å². The average molecular weight is 434 g/mol. The number of hydrogen-bond donors (Lipinski definition) is 0. The first-order valence-electron chi connectivity index (χ1n) is 10.5. The molecule has 0 N–H and O–H groups in total. The molecule has 0 amide bonds. The molecule has 32 heavy (non-hydrogen) atoms. The van der Waals surface area contributed by atoms with Crippen molar-refractivity contribution in [2.45, 2.75) is 19.6 Å². The minimum absolute atomic E-state index is 0.246. The maximum Gasteiger partial charge on any atom is 0.280 e. The highest BCUT2D eigenvalue weighted by Crippen LogP contribution is 2.17. The molecule has 1 aromatic heterocycles. The van der Waals surface area contributed by atoms with Gasteiger partial charge in [-0.15, -0.1) is 0 Å². The Kier molecular flexibility index (Phi) is 7.44. The van der Waals surface area contributed by atoms with Gasteiger partial charge in [0.1, 0.15) is 18.1 Å². The third-order valence-electron chi connectivity index (χ3n) is 5.15. The molecule has 1 fully saturated rings. The van der Waals surface area contributed by atoms with Crippen molar-refractivity contribution in [3.63, 3.8) is 0 Å². The molecule has 2 aromatic carbocycles. The molecule has 3 aromatic rings. The number of morpholine rings is 1. The lowest BCUT2D eigenvalue weighted by Crippen LogP contribution is -2.35. The van der Waals surface area contributed by atoms with E-state index in [4.69, 9.17) is 9.47 Å². The first-order valence-corrected chi connectivity index (χ1v) is 10.5. The molecule has 0 radical (unpaired) electrons. The summed E-state index contributed by atoms with van der Waals surface area (Å²) in [7, 11) is 0. The van der Waals surface area contributed by atoms with Crippen LogP contribution in [0.1, 0.15) is 34.4 Å². The van der Waals surface area contributed by atoms with E-state index in [-0.39, 0.29) is 5.69 Å². The van der Waals surface area contributed by atoms with Gasteiger partial charge >= 0.3 is 0 Å². The van der Waals surface area contributed by atoms with Crippen LogP contribution in [0.5, 0.6) is 5.75 Å². The molecular formula is C26H24F2N2O2. The lowest BCUT2D eigenvalue weighted by Gasteiger charge is -2.26. The summed E-state index contributed by atoms with van der Waals surface area (Å²) < 4.78 is 36.4. The van der Waals surface area contributed by atoms with Gasteiger partial charge in [-0.25, -0.2) is 8.78 Å². The van der Waals surface area contributed by atoms with Crippen molar-refractivity contribution in [3.05, 3.63) is 94.8 Å². The van der Waals surface area contributed by atoms with Gasteiger partial charge in [-0.1, -0.05) is 36.1 Å². The molecule has 164 valence electrons. The summed E-state index contributed by atoms with van der Waals surface area (Å²) in [6.07, 6.45) is -1.21.